The predicted molar refractivity (Wildman–Crippen MR) is 274 cm³/mol. The number of ether oxygens (including phenoxy) is 1. The van der Waals surface area contributed by atoms with Gasteiger partial charge in [-0.1, -0.05) is 13.0 Å². The van der Waals surface area contributed by atoms with Crippen molar-refractivity contribution in [3.05, 3.63) is 87.7 Å². The molecule has 370 valence electrons. The number of hydrogen-bond donors (Lipinski definition) is 3. The smallest absolute Gasteiger partial charge is 0.234 e. The first kappa shape index (κ1) is 49.3. The number of rotatable bonds is 12. The average Bonchev–Trinajstić information content (AvgIpc) is 3.34. The van der Waals surface area contributed by atoms with Gasteiger partial charge >= 0.3 is 0 Å². The Morgan fingerprint density at radius 2 is 1.57 bits per heavy atom. The minimum absolute atomic E-state index is 0.0347. The summed E-state index contributed by atoms with van der Waals surface area (Å²) in [5.41, 5.74) is 5.50. The predicted octanol–water partition coefficient (Wildman–Crippen LogP) is 8.23. The monoisotopic (exact) mass is 1040 g/mol. The van der Waals surface area contributed by atoms with Gasteiger partial charge in [-0.3, -0.25) is 29.6 Å². The molecule has 3 aromatic carbocycles. The van der Waals surface area contributed by atoms with Gasteiger partial charge in [0.25, 0.3) is 0 Å². The number of aromatic nitrogens is 3. The van der Waals surface area contributed by atoms with Gasteiger partial charge in [0.15, 0.2) is 0 Å². The second-order valence-corrected chi connectivity index (χ2v) is 23.2. The number of fused-ring (bicyclic) bond motifs is 1. The molecular weight excluding hydrogens is 981 g/mol. The number of amides is 3. The molecule has 1 atom stereocenters. The third-order valence-electron chi connectivity index (χ3n) is 14.4. The molecule has 4 saturated heterocycles. The molecule has 3 N–H and O–H groups in total. The zero-order chi connectivity index (χ0) is 49.4. The van der Waals surface area contributed by atoms with E-state index in [1.54, 1.807) is 26.6 Å². The maximum Gasteiger partial charge on any atom is 0.234 e. The molecular formula is C51H60BrF2N10O5P. The standard InChI is InChI=1S/C51H60BrF2N10O5P/c1-6-31-25-42(58-51-55-29-37(52)48(60-51)57-41-11-10-40-35(8-7-30(2)56-40)47(41)70(4,5)68)44(69-3)28-43(31)63-19-15-33(16-20-63)62-21-23-64(24-22-62)50(67)32-13-17-61(18-14-32)34-26-38(53)46(39(54)27-34)36-9-12-45(65)59-49(36)66/h7-8,10-11,25-29,32-33,36H,6,9,12-24H2,1-5H3,(H,59,65,66)(H2,55,57,58,60). The number of piperidine rings is 3. The summed E-state index contributed by atoms with van der Waals surface area (Å²) < 4.78 is 50.8. The van der Waals surface area contributed by atoms with Gasteiger partial charge in [0.05, 0.1) is 34.4 Å². The van der Waals surface area contributed by atoms with Crippen LogP contribution in [-0.2, 0) is 25.4 Å². The summed E-state index contributed by atoms with van der Waals surface area (Å²) in [4.78, 5) is 60.6. The van der Waals surface area contributed by atoms with Crippen LogP contribution < -0.4 is 35.8 Å². The van der Waals surface area contributed by atoms with E-state index >= 15 is 8.78 Å². The maximum atomic E-state index is 15.3. The Hall–Kier alpha value is -5.71. The number of nitrogens with one attached hydrogen (secondary N) is 3. The van der Waals surface area contributed by atoms with Crippen LogP contribution in [-0.4, -0.2) is 121 Å². The van der Waals surface area contributed by atoms with Crippen LogP contribution in [0.1, 0.15) is 68.2 Å². The Kier molecular flexibility index (Phi) is 14.5. The second kappa shape index (κ2) is 20.6. The summed E-state index contributed by atoms with van der Waals surface area (Å²) in [7, 11) is -1.09. The van der Waals surface area contributed by atoms with Gasteiger partial charge in [-0.15, -0.1) is 0 Å². The summed E-state index contributed by atoms with van der Waals surface area (Å²) in [6.07, 6.45) is 5.76. The first-order valence-corrected chi connectivity index (χ1v) is 27.6. The molecule has 15 nitrogen and oxygen atoms in total. The van der Waals surface area contributed by atoms with Gasteiger partial charge in [0, 0.05) is 116 Å². The van der Waals surface area contributed by atoms with E-state index in [4.69, 9.17) is 9.72 Å². The Bertz CT molecular complexity index is 2860. The number of piperazine rings is 1. The van der Waals surface area contributed by atoms with Crippen molar-refractivity contribution >= 4 is 91.5 Å². The Balaban J connectivity index is 0.781. The molecule has 0 spiro atoms. The lowest BCUT2D eigenvalue weighted by Gasteiger charge is -2.44. The fraction of sp³-hybridized carbons (Fsp3) is 0.451. The van der Waals surface area contributed by atoms with Crippen molar-refractivity contribution in [1.82, 2.24) is 30.1 Å². The van der Waals surface area contributed by atoms with Gasteiger partial charge in [-0.25, -0.2) is 13.8 Å². The molecule has 4 aliphatic heterocycles. The zero-order valence-corrected chi connectivity index (χ0v) is 42.8. The van der Waals surface area contributed by atoms with Crippen LogP contribution in [0.5, 0.6) is 5.75 Å². The number of halogens is 3. The van der Waals surface area contributed by atoms with E-state index in [1.807, 2.05) is 41.0 Å². The van der Waals surface area contributed by atoms with Crippen LogP contribution in [0.3, 0.4) is 0 Å². The summed E-state index contributed by atoms with van der Waals surface area (Å²) in [5, 5.41) is 10.5. The van der Waals surface area contributed by atoms with Gasteiger partial charge < -0.3 is 34.6 Å². The number of anilines is 6. The largest absolute Gasteiger partial charge is 0.494 e. The van der Waals surface area contributed by atoms with Gasteiger partial charge in [0.2, 0.25) is 23.7 Å². The van der Waals surface area contributed by atoms with Gasteiger partial charge in [-0.05, 0) is 117 Å². The summed E-state index contributed by atoms with van der Waals surface area (Å²) >= 11 is 3.61. The molecule has 6 heterocycles. The van der Waals surface area contributed by atoms with Crippen LogP contribution >= 0.6 is 23.1 Å². The third-order valence-corrected chi connectivity index (χ3v) is 16.5. The van der Waals surface area contributed by atoms with Crippen LogP contribution in [0.4, 0.5) is 43.3 Å². The molecule has 0 aliphatic carbocycles. The molecule has 4 aliphatic rings. The lowest BCUT2D eigenvalue weighted by molar-refractivity contribution is -0.138. The molecule has 0 saturated carbocycles. The van der Waals surface area contributed by atoms with Crippen LogP contribution in [0.25, 0.3) is 10.9 Å². The summed E-state index contributed by atoms with van der Waals surface area (Å²) in [6.45, 7) is 13.3. The first-order chi connectivity index (χ1) is 33.6. The Morgan fingerprint density at radius 1 is 0.871 bits per heavy atom. The van der Waals surface area contributed by atoms with E-state index in [0.717, 1.165) is 73.4 Å². The SMILES string of the molecule is CCc1cc(Nc2ncc(Br)c(Nc3ccc4nc(C)ccc4c3P(C)(C)=O)n2)c(OC)cc1N1CCC(N2CCN(C(=O)C3CCN(c4cc(F)c(C5CCC(=O)NC5=O)c(F)c4)CC3)CC2)CC1. The van der Waals surface area contributed by atoms with Crippen molar-refractivity contribution in [2.75, 3.05) is 93.2 Å². The van der Waals surface area contributed by atoms with E-state index in [-0.39, 0.29) is 30.2 Å². The molecule has 3 amide bonds. The Morgan fingerprint density at radius 3 is 2.23 bits per heavy atom. The zero-order valence-electron chi connectivity index (χ0n) is 40.3. The number of methoxy groups -OCH3 is 1. The first-order valence-electron chi connectivity index (χ1n) is 24.2. The van der Waals surface area contributed by atoms with Crippen molar-refractivity contribution in [2.45, 2.75) is 70.8 Å². The number of carbonyl (C=O) groups is 3. The summed E-state index contributed by atoms with van der Waals surface area (Å²) in [5.74, 6) is -2.21. The number of hydrogen-bond acceptors (Lipinski definition) is 13. The van der Waals surface area contributed by atoms with Crippen molar-refractivity contribution in [3.63, 3.8) is 0 Å². The highest BCUT2D eigenvalue weighted by Gasteiger charge is 2.36. The van der Waals surface area contributed by atoms with Gasteiger partial charge in [0.1, 0.15) is 30.3 Å². The number of benzene rings is 3. The highest BCUT2D eigenvalue weighted by Crippen LogP contribution is 2.43. The molecule has 9 rings (SSSR count). The molecule has 5 aromatic rings. The molecule has 0 bridgehead atoms. The molecule has 70 heavy (non-hydrogen) atoms. The summed E-state index contributed by atoms with van der Waals surface area (Å²) in [6, 6.07) is 14.9. The van der Waals surface area contributed by atoms with Crippen molar-refractivity contribution in [3.8, 4) is 5.75 Å². The number of nitrogens with zero attached hydrogens (tertiary/aromatic N) is 7. The van der Waals surface area contributed by atoms with E-state index in [0.29, 0.717) is 83.7 Å². The van der Waals surface area contributed by atoms with Crippen LogP contribution in [0.15, 0.2) is 59.2 Å². The minimum atomic E-state index is -2.75. The lowest BCUT2D eigenvalue weighted by Crippen LogP contribution is -2.55. The van der Waals surface area contributed by atoms with E-state index in [9.17, 15) is 18.9 Å². The number of pyridine rings is 1. The molecule has 2 aromatic heterocycles. The fourth-order valence-corrected chi connectivity index (χ4v) is 12.4. The number of aryl methyl sites for hydroxylation is 2. The van der Waals surface area contributed by atoms with Crippen LogP contribution in [0, 0.1) is 24.5 Å². The van der Waals surface area contributed by atoms with Crippen molar-refractivity contribution in [2.24, 2.45) is 5.92 Å². The van der Waals surface area contributed by atoms with Crippen molar-refractivity contribution < 1.29 is 32.5 Å². The van der Waals surface area contributed by atoms with E-state index in [2.05, 4.69) is 70.7 Å². The van der Waals surface area contributed by atoms with Gasteiger partial charge in [-0.2, -0.15) is 4.98 Å². The fourth-order valence-electron chi connectivity index (χ4n) is 10.7. The highest BCUT2D eigenvalue weighted by molar-refractivity contribution is 9.10. The average molecular weight is 1040 g/mol. The number of carbonyl (C=O) groups excluding carboxylic acids is 3. The maximum absolute atomic E-state index is 15.3. The van der Waals surface area contributed by atoms with Crippen molar-refractivity contribution in [1.29, 1.82) is 0 Å². The number of imide groups is 1. The van der Waals surface area contributed by atoms with E-state index in [1.165, 1.54) is 17.7 Å². The second-order valence-electron chi connectivity index (χ2n) is 19.2. The molecule has 19 heteroatoms. The highest BCUT2D eigenvalue weighted by atomic mass is 79.9. The normalized spacial score (nSPS) is 18.9. The van der Waals surface area contributed by atoms with E-state index < -0.39 is 36.5 Å². The lowest BCUT2D eigenvalue weighted by atomic mass is 9.89. The third kappa shape index (κ3) is 10.4. The minimum Gasteiger partial charge on any atom is -0.494 e. The molecule has 0 radical (unpaired) electrons. The quantitative estimate of drug-likeness (QED) is 0.0810. The molecule has 4 fully saturated rings. The topological polar surface area (TPSA) is 165 Å². The molecule has 1 unspecified atom stereocenters. The van der Waals surface area contributed by atoms with Crippen LogP contribution in [0.2, 0.25) is 0 Å². The Labute approximate surface area is 415 Å².